The number of carbonyl (C=O) groups excluding carboxylic acids is 1. The summed E-state index contributed by atoms with van der Waals surface area (Å²) in [7, 11) is 0. The molecule has 1 rings (SSSR count). The van der Waals surface area contributed by atoms with E-state index in [1.807, 2.05) is 6.92 Å². The number of rotatable bonds is 10. The van der Waals surface area contributed by atoms with Gasteiger partial charge >= 0.3 is 12.6 Å². The third-order valence-electron chi connectivity index (χ3n) is 3.60. The van der Waals surface area contributed by atoms with Gasteiger partial charge in [-0.25, -0.2) is 0 Å². The Morgan fingerprint density at radius 2 is 1.88 bits per heavy atom. The van der Waals surface area contributed by atoms with E-state index >= 15 is 0 Å². The molecular weight excluding hydrogens is 322 g/mol. The summed E-state index contributed by atoms with van der Waals surface area (Å²) < 4.78 is 28.3. The first kappa shape index (κ1) is 19.8. The van der Waals surface area contributed by atoms with Crippen LogP contribution >= 0.6 is 0 Å². The fourth-order valence-electron chi connectivity index (χ4n) is 2.02. The van der Waals surface area contributed by atoms with Gasteiger partial charge in [-0.15, -0.1) is 0 Å². The van der Waals surface area contributed by atoms with Crippen molar-refractivity contribution in [3.63, 3.8) is 0 Å². The van der Waals surface area contributed by atoms with Gasteiger partial charge in [0.2, 0.25) is 5.91 Å². The van der Waals surface area contributed by atoms with Crippen LogP contribution < -0.4 is 15.4 Å². The van der Waals surface area contributed by atoms with Gasteiger partial charge in [-0.1, -0.05) is 32.4 Å². The van der Waals surface area contributed by atoms with Crippen molar-refractivity contribution < 1.29 is 28.2 Å². The van der Waals surface area contributed by atoms with Crippen LogP contribution in [0.2, 0.25) is 0 Å². The highest BCUT2D eigenvalue weighted by molar-refractivity contribution is 5.80. The number of benzene rings is 1. The molecule has 0 spiro atoms. The summed E-state index contributed by atoms with van der Waals surface area (Å²) in [6.45, 7) is 0.885. The first-order chi connectivity index (χ1) is 11.3. The molecule has 134 valence electrons. The number of carbonyl (C=O) groups is 2. The smallest absolute Gasteiger partial charge is 0.387 e. The van der Waals surface area contributed by atoms with Crippen molar-refractivity contribution >= 4 is 11.9 Å². The van der Waals surface area contributed by atoms with Crippen LogP contribution in [0.1, 0.15) is 25.8 Å². The maximum Gasteiger partial charge on any atom is 0.387 e. The molecule has 0 aromatic heterocycles. The molecule has 0 aliphatic carbocycles. The number of alkyl halides is 2. The number of amides is 1. The molecule has 3 N–H and O–H groups in total. The van der Waals surface area contributed by atoms with Crippen molar-refractivity contribution in [1.29, 1.82) is 0 Å². The molecule has 2 atom stereocenters. The number of halogens is 2. The van der Waals surface area contributed by atoms with Crippen LogP contribution in [0, 0.1) is 5.92 Å². The van der Waals surface area contributed by atoms with E-state index in [0.717, 1.165) is 0 Å². The zero-order valence-corrected chi connectivity index (χ0v) is 13.6. The van der Waals surface area contributed by atoms with Crippen LogP contribution in [0.3, 0.4) is 0 Å². The highest BCUT2D eigenvalue weighted by Crippen LogP contribution is 2.14. The fraction of sp³-hybridized carbons (Fsp3) is 0.500. The molecule has 0 fully saturated rings. The lowest BCUT2D eigenvalue weighted by Gasteiger charge is -2.19. The first-order valence-corrected chi connectivity index (χ1v) is 7.60. The van der Waals surface area contributed by atoms with Crippen LogP contribution in [-0.4, -0.2) is 36.2 Å². The van der Waals surface area contributed by atoms with E-state index in [0.29, 0.717) is 12.0 Å². The Balaban J connectivity index is 2.41. The summed E-state index contributed by atoms with van der Waals surface area (Å²) in [5.74, 6) is -1.40. The van der Waals surface area contributed by atoms with E-state index in [1.165, 1.54) is 12.1 Å². The molecule has 8 heteroatoms. The summed E-state index contributed by atoms with van der Waals surface area (Å²) in [4.78, 5) is 22.9. The maximum atomic E-state index is 12.0. The zero-order valence-electron chi connectivity index (χ0n) is 13.6. The van der Waals surface area contributed by atoms with E-state index < -0.39 is 18.6 Å². The molecule has 0 saturated carbocycles. The Morgan fingerprint density at radius 3 is 2.38 bits per heavy atom. The highest BCUT2D eigenvalue weighted by Gasteiger charge is 2.23. The predicted molar refractivity (Wildman–Crippen MR) is 83.8 cm³/mol. The number of ether oxygens (including phenoxy) is 1. The normalized spacial score (nSPS) is 13.4. The van der Waals surface area contributed by atoms with Gasteiger partial charge in [0.1, 0.15) is 11.8 Å². The number of carboxylic acids is 1. The van der Waals surface area contributed by atoms with Crippen molar-refractivity contribution in [3.8, 4) is 5.75 Å². The molecular formula is C16H22F2N2O4. The minimum absolute atomic E-state index is 0.0413. The van der Waals surface area contributed by atoms with Gasteiger partial charge in [-0.05, 0) is 23.6 Å². The standard InChI is InChI=1S/C16H22F2N2O4/c1-3-10(2)14(15(22)23)20-9-13(21)19-8-11-4-6-12(7-5-11)24-16(17)18/h4-7,10,14,16,20H,3,8-9H2,1-2H3,(H,19,21)(H,22,23)/t10-,14-/m0/s1. The average molecular weight is 344 g/mol. The van der Waals surface area contributed by atoms with Gasteiger partial charge in [-0.3, -0.25) is 14.9 Å². The number of carboxylic acid groups (broad SMARTS) is 1. The average Bonchev–Trinajstić information content (AvgIpc) is 2.53. The first-order valence-electron chi connectivity index (χ1n) is 7.60. The lowest BCUT2D eigenvalue weighted by molar-refractivity contribution is -0.141. The summed E-state index contributed by atoms with van der Waals surface area (Å²) in [6.07, 6.45) is 0.679. The summed E-state index contributed by atoms with van der Waals surface area (Å²) in [6, 6.07) is 5.10. The second-order valence-corrected chi connectivity index (χ2v) is 5.38. The van der Waals surface area contributed by atoms with Crippen LogP contribution in [0.15, 0.2) is 24.3 Å². The summed E-state index contributed by atoms with van der Waals surface area (Å²) in [5.41, 5.74) is 0.710. The highest BCUT2D eigenvalue weighted by atomic mass is 19.3. The third kappa shape index (κ3) is 6.91. The van der Waals surface area contributed by atoms with E-state index in [4.69, 9.17) is 5.11 Å². The number of hydrogen-bond donors (Lipinski definition) is 3. The summed E-state index contributed by atoms with van der Waals surface area (Å²) >= 11 is 0. The molecule has 1 aromatic carbocycles. The Kier molecular flexibility index (Phi) is 8.11. The topological polar surface area (TPSA) is 87.7 Å². The molecule has 24 heavy (non-hydrogen) atoms. The number of hydrogen-bond acceptors (Lipinski definition) is 4. The molecule has 0 heterocycles. The molecule has 1 amide bonds. The maximum absolute atomic E-state index is 12.0. The second-order valence-electron chi connectivity index (χ2n) is 5.38. The van der Waals surface area contributed by atoms with Crippen molar-refractivity contribution in [2.24, 2.45) is 5.92 Å². The minimum atomic E-state index is -2.88. The molecule has 1 aromatic rings. The second kappa shape index (κ2) is 9.82. The van der Waals surface area contributed by atoms with Gasteiger partial charge in [0, 0.05) is 6.54 Å². The van der Waals surface area contributed by atoms with E-state index in [9.17, 15) is 18.4 Å². The molecule has 0 saturated heterocycles. The Hall–Kier alpha value is -2.22. The summed E-state index contributed by atoms with van der Waals surface area (Å²) in [5, 5.41) is 14.5. The third-order valence-corrected chi connectivity index (χ3v) is 3.60. The van der Waals surface area contributed by atoms with Gasteiger partial charge < -0.3 is 15.2 Å². The van der Waals surface area contributed by atoms with Crippen LogP contribution in [-0.2, 0) is 16.1 Å². The predicted octanol–water partition coefficient (Wildman–Crippen LogP) is 1.99. The fourth-order valence-corrected chi connectivity index (χ4v) is 2.02. The van der Waals surface area contributed by atoms with Crippen molar-refractivity contribution in [2.45, 2.75) is 39.5 Å². The molecule has 0 bridgehead atoms. The Morgan fingerprint density at radius 1 is 1.25 bits per heavy atom. The lowest BCUT2D eigenvalue weighted by Crippen LogP contribution is -2.46. The van der Waals surface area contributed by atoms with Gasteiger partial charge in [0.05, 0.1) is 6.54 Å². The van der Waals surface area contributed by atoms with Gasteiger partial charge in [0.15, 0.2) is 0 Å². The quantitative estimate of drug-likeness (QED) is 0.604. The molecule has 0 aliphatic rings. The van der Waals surface area contributed by atoms with Crippen molar-refractivity contribution in [2.75, 3.05) is 6.54 Å². The van der Waals surface area contributed by atoms with E-state index in [-0.39, 0.29) is 30.7 Å². The van der Waals surface area contributed by atoms with Crippen molar-refractivity contribution in [1.82, 2.24) is 10.6 Å². The SMILES string of the molecule is CC[C@H](C)[C@H](NCC(=O)NCc1ccc(OC(F)F)cc1)C(=O)O. The van der Waals surface area contributed by atoms with Gasteiger partial charge in [0.25, 0.3) is 0 Å². The minimum Gasteiger partial charge on any atom is -0.480 e. The van der Waals surface area contributed by atoms with Crippen molar-refractivity contribution in [3.05, 3.63) is 29.8 Å². The molecule has 0 radical (unpaired) electrons. The molecule has 0 aliphatic heterocycles. The zero-order chi connectivity index (χ0) is 18.1. The van der Waals surface area contributed by atoms with Crippen LogP contribution in [0.4, 0.5) is 8.78 Å². The van der Waals surface area contributed by atoms with E-state index in [2.05, 4.69) is 15.4 Å². The number of aliphatic carboxylic acids is 1. The monoisotopic (exact) mass is 344 g/mol. The van der Waals surface area contributed by atoms with E-state index in [1.54, 1.807) is 19.1 Å². The van der Waals surface area contributed by atoms with Crippen LogP contribution in [0.25, 0.3) is 0 Å². The van der Waals surface area contributed by atoms with Crippen LogP contribution in [0.5, 0.6) is 5.75 Å². The number of nitrogens with one attached hydrogen (secondary N) is 2. The molecule has 6 nitrogen and oxygen atoms in total. The largest absolute Gasteiger partial charge is 0.480 e. The molecule has 0 unspecified atom stereocenters. The Bertz CT molecular complexity index is 537. The lowest BCUT2D eigenvalue weighted by atomic mass is 9.99. The van der Waals surface area contributed by atoms with Gasteiger partial charge in [-0.2, -0.15) is 8.78 Å². The Labute approximate surface area is 139 Å².